The van der Waals surface area contributed by atoms with Gasteiger partial charge in [0.15, 0.2) is 0 Å². The Morgan fingerprint density at radius 1 is 1.31 bits per heavy atom. The van der Waals surface area contributed by atoms with E-state index < -0.39 is 5.92 Å². The molecule has 0 aromatic heterocycles. The fraction of sp³-hybridized carbons (Fsp3) is 1.00. The molecule has 0 aliphatic carbocycles. The van der Waals surface area contributed by atoms with Crippen LogP contribution in [0, 0.1) is 0 Å². The van der Waals surface area contributed by atoms with Crippen molar-refractivity contribution in [2.24, 2.45) is 0 Å². The van der Waals surface area contributed by atoms with Crippen molar-refractivity contribution in [1.82, 2.24) is 10.2 Å². The molecular formula is C9H18F2N2. The van der Waals surface area contributed by atoms with Crippen molar-refractivity contribution in [3.63, 3.8) is 0 Å². The van der Waals surface area contributed by atoms with Gasteiger partial charge in [-0.25, -0.2) is 8.78 Å². The van der Waals surface area contributed by atoms with Crippen LogP contribution in [0.5, 0.6) is 0 Å². The first-order chi connectivity index (χ1) is 6.17. The fourth-order valence-electron chi connectivity index (χ4n) is 1.61. The van der Waals surface area contributed by atoms with E-state index in [-0.39, 0.29) is 13.0 Å². The lowest BCUT2D eigenvalue weighted by Crippen LogP contribution is -2.56. The summed E-state index contributed by atoms with van der Waals surface area (Å²) in [6, 6.07) is 0.378. The van der Waals surface area contributed by atoms with Gasteiger partial charge in [-0.1, -0.05) is 13.8 Å². The minimum Gasteiger partial charge on any atom is -0.314 e. The number of hydrogen-bond acceptors (Lipinski definition) is 2. The van der Waals surface area contributed by atoms with E-state index in [9.17, 15) is 8.78 Å². The van der Waals surface area contributed by atoms with Gasteiger partial charge in [0, 0.05) is 32.1 Å². The van der Waals surface area contributed by atoms with Crippen LogP contribution in [0.2, 0.25) is 0 Å². The van der Waals surface area contributed by atoms with Gasteiger partial charge in [-0.2, -0.15) is 0 Å². The first-order valence-electron chi connectivity index (χ1n) is 5.00. The predicted molar refractivity (Wildman–Crippen MR) is 49.1 cm³/mol. The van der Waals surface area contributed by atoms with Crippen LogP contribution in [0.25, 0.3) is 0 Å². The van der Waals surface area contributed by atoms with Gasteiger partial charge in [-0.15, -0.1) is 0 Å². The molecule has 0 aromatic rings. The Kier molecular flexibility index (Phi) is 3.62. The Labute approximate surface area is 78.3 Å². The standard InChI is InChI=1S/C7H12F2N2.C2H6/c8-7(9)1-2-11(5-7)6-3-10-4-6;1-2/h6,10H,1-5H2;1-2H3. The summed E-state index contributed by atoms with van der Waals surface area (Å²) in [5.74, 6) is -2.42. The fourth-order valence-corrected chi connectivity index (χ4v) is 1.61. The zero-order valence-corrected chi connectivity index (χ0v) is 8.32. The number of halogens is 2. The zero-order valence-electron chi connectivity index (χ0n) is 8.32. The second-order valence-electron chi connectivity index (χ2n) is 3.39. The van der Waals surface area contributed by atoms with E-state index in [0.717, 1.165) is 13.1 Å². The molecule has 0 radical (unpaired) electrons. The highest BCUT2D eigenvalue weighted by Crippen LogP contribution is 2.28. The molecule has 2 aliphatic heterocycles. The smallest absolute Gasteiger partial charge is 0.261 e. The average Bonchev–Trinajstić information content (AvgIpc) is 2.31. The van der Waals surface area contributed by atoms with Crippen molar-refractivity contribution in [2.45, 2.75) is 32.2 Å². The third-order valence-corrected chi connectivity index (χ3v) is 2.48. The summed E-state index contributed by atoms with van der Waals surface area (Å²) in [4.78, 5) is 1.89. The highest BCUT2D eigenvalue weighted by Gasteiger charge is 2.41. The van der Waals surface area contributed by atoms with Gasteiger partial charge in [-0.3, -0.25) is 4.90 Å². The van der Waals surface area contributed by atoms with Crippen LogP contribution < -0.4 is 5.32 Å². The van der Waals surface area contributed by atoms with Crippen LogP contribution >= 0.6 is 0 Å². The summed E-state index contributed by atoms with van der Waals surface area (Å²) in [5, 5.41) is 3.08. The van der Waals surface area contributed by atoms with Gasteiger partial charge in [-0.05, 0) is 0 Å². The minimum absolute atomic E-state index is 0.0284. The lowest BCUT2D eigenvalue weighted by molar-refractivity contribution is 0.00456. The Hall–Kier alpha value is -0.220. The van der Waals surface area contributed by atoms with Crippen LogP contribution in [0.1, 0.15) is 20.3 Å². The Morgan fingerprint density at radius 2 is 1.92 bits per heavy atom. The Morgan fingerprint density at radius 3 is 2.23 bits per heavy atom. The Balaban J connectivity index is 0.000000396. The van der Waals surface area contributed by atoms with Crippen molar-refractivity contribution in [1.29, 1.82) is 0 Å². The van der Waals surface area contributed by atoms with E-state index in [4.69, 9.17) is 0 Å². The average molecular weight is 192 g/mol. The van der Waals surface area contributed by atoms with Gasteiger partial charge in [0.2, 0.25) is 0 Å². The predicted octanol–water partition coefficient (Wildman–Crippen LogP) is 1.33. The quantitative estimate of drug-likeness (QED) is 0.674. The summed E-state index contributed by atoms with van der Waals surface area (Å²) in [6.45, 7) is 6.31. The molecule has 2 saturated heterocycles. The van der Waals surface area contributed by atoms with E-state index in [1.54, 1.807) is 0 Å². The lowest BCUT2D eigenvalue weighted by atomic mass is 10.1. The largest absolute Gasteiger partial charge is 0.314 e. The molecule has 0 bridgehead atoms. The van der Waals surface area contributed by atoms with Crippen molar-refractivity contribution >= 4 is 0 Å². The maximum atomic E-state index is 12.7. The molecule has 2 nitrogen and oxygen atoms in total. The van der Waals surface area contributed by atoms with Gasteiger partial charge >= 0.3 is 0 Å². The normalized spacial score (nSPS) is 27.7. The van der Waals surface area contributed by atoms with Crippen molar-refractivity contribution in [3.05, 3.63) is 0 Å². The molecule has 0 unspecified atom stereocenters. The van der Waals surface area contributed by atoms with Crippen LogP contribution in [0.4, 0.5) is 8.78 Å². The molecule has 0 saturated carbocycles. The molecule has 2 heterocycles. The number of alkyl halides is 2. The minimum atomic E-state index is -2.42. The van der Waals surface area contributed by atoms with E-state index in [2.05, 4.69) is 5.32 Å². The second-order valence-corrected chi connectivity index (χ2v) is 3.39. The molecule has 0 aromatic carbocycles. The summed E-state index contributed by atoms with van der Waals surface area (Å²) < 4.78 is 25.3. The highest BCUT2D eigenvalue weighted by molar-refractivity contribution is 4.91. The molecule has 2 fully saturated rings. The molecule has 4 heteroatoms. The van der Waals surface area contributed by atoms with Crippen LogP contribution in [0.15, 0.2) is 0 Å². The molecule has 2 rings (SSSR count). The monoisotopic (exact) mass is 192 g/mol. The lowest BCUT2D eigenvalue weighted by Gasteiger charge is -2.35. The third-order valence-electron chi connectivity index (χ3n) is 2.48. The summed E-state index contributed by atoms with van der Waals surface area (Å²) >= 11 is 0. The molecule has 13 heavy (non-hydrogen) atoms. The first-order valence-corrected chi connectivity index (χ1v) is 5.00. The van der Waals surface area contributed by atoms with Crippen LogP contribution in [-0.2, 0) is 0 Å². The number of hydrogen-bond donors (Lipinski definition) is 1. The molecular weight excluding hydrogens is 174 g/mol. The molecule has 0 spiro atoms. The first kappa shape index (κ1) is 10.9. The molecule has 78 valence electrons. The van der Waals surface area contributed by atoms with E-state index >= 15 is 0 Å². The summed E-state index contributed by atoms with van der Waals surface area (Å²) in [7, 11) is 0. The maximum absolute atomic E-state index is 12.7. The number of likely N-dealkylation sites (tertiary alicyclic amines) is 1. The van der Waals surface area contributed by atoms with E-state index in [1.807, 2.05) is 18.7 Å². The number of nitrogens with zero attached hydrogens (tertiary/aromatic N) is 1. The van der Waals surface area contributed by atoms with Crippen LogP contribution in [-0.4, -0.2) is 43.0 Å². The molecule has 0 amide bonds. The van der Waals surface area contributed by atoms with Crippen LogP contribution in [0.3, 0.4) is 0 Å². The number of rotatable bonds is 1. The van der Waals surface area contributed by atoms with Gasteiger partial charge in [0.1, 0.15) is 0 Å². The van der Waals surface area contributed by atoms with E-state index in [1.165, 1.54) is 0 Å². The molecule has 1 N–H and O–H groups in total. The van der Waals surface area contributed by atoms with Crippen molar-refractivity contribution < 1.29 is 8.78 Å². The number of nitrogens with one attached hydrogen (secondary N) is 1. The summed E-state index contributed by atoms with van der Waals surface area (Å²) in [5.41, 5.74) is 0. The van der Waals surface area contributed by atoms with Crippen molar-refractivity contribution in [3.8, 4) is 0 Å². The Bertz CT molecular complexity index is 158. The molecule has 0 atom stereocenters. The van der Waals surface area contributed by atoms with Gasteiger partial charge in [0.25, 0.3) is 5.92 Å². The molecule has 2 aliphatic rings. The summed E-state index contributed by atoms with van der Waals surface area (Å²) in [6.07, 6.45) is 0.0451. The zero-order chi connectivity index (χ0) is 9.90. The van der Waals surface area contributed by atoms with Gasteiger partial charge < -0.3 is 5.32 Å². The maximum Gasteiger partial charge on any atom is 0.261 e. The van der Waals surface area contributed by atoms with E-state index in [0.29, 0.717) is 12.6 Å². The topological polar surface area (TPSA) is 15.3 Å². The highest BCUT2D eigenvalue weighted by atomic mass is 19.3. The van der Waals surface area contributed by atoms with Crippen molar-refractivity contribution in [2.75, 3.05) is 26.2 Å². The third kappa shape index (κ3) is 2.61. The SMILES string of the molecule is CC.FC1(F)CCN(C2CNC2)C1. The van der Waals surface area contributed by atoms with Gasteiger partial charge in [0.05, 0.1) is 6.54 Å². The second kappa shape index (κ2) is 4.33.